The fraction of sp³-hybridized carbons (Fsp3) is 0.179. The molecule has 3 aromatic carbocycles. The lowest BCUT2D eigenvalue weighted by molar-refractivity contribution is -0.121. The molecule has 0 bridgehead atoms. The fourth-order valence-corrected chi connectivity index (χ4v) is 5.07. The van der Waals surface area contributed by atoms with Gasteiger partial charge < -0.3 is 14.2 Å². The van der Waals surface area contributed by atoms with E-state index in [0.29, 0.717) is 46.0 Å². The quantitative estimate of drug-likeness (QED) is 0.225. The number of likely N-dealkylation sites (N-methyl/N-ethyl adjacent to an activating group) is 1. The molecule has 4 rings (SSSR count). The van der Waals surface area contributed by atoms with Crippen LogP contribution in [0, 0.1) is 0 Å². The number of esters is 1. The molecule has 0 spiro atoms. The minimum Gasteiger partial charge on any atom is -0.490 e. The van der Waals surface area contributed by atoms with Crippen molar-refractivity contribution in [3.05, 3.63) is 92.8 Å². The summed E-state index contributed by atoms with van der Waals surface area (Å²) >= 11 is 4.88. The maximum absolute atomic E-state index is 12.9. The number of hydrogen-bond donors (Lipinski definition) is 0. The number of amides is 1. The molecule has 1 amide bonds. The zero-order valence-corrected chi connectivity index (χ0v) is 23.0. The second-order valence-corrected chi connectivity index (χ2v) is 9.81. The highest BCUT2D eigenvalue weighted by Crippen LogP contribution is 2.40. The Morgan fingerprint density at radius 1 is 1.08 bits per heavy atom. The highest BCUT2D eigenvalue weighted by molar-refractivity contribution is 9.10. The lowest BCUT2D eigenvalue weighted by Crippen LogP contribution is -2.23. The monoisotopic (exact) mass is 580 g/mol. The average molecular weight is 581 g/mol. The topological polar surface area (TPSA) is 77.4 Å². The maximum atomic E-state index is 12.9. The molecule has 0 unspecified atom stereocenters. The van der Waals surface area contributed by atoms with Crippen LogP contribution in [-0.2, 0) is 16.1 Å². The third kappa shape index (κ3) is 6.42. The molecule has 1 saturated heterocycles. The van der Waals surface area contributed by atoms with Crippen LogP contribution in [0.3, 0.4) is 0 Å². The summed E-state index contributed by atoms with van der Waals surface area (Å²) in [5, 5.41) is 0.536. The minimum absolute atomic E-state index is 0.159. The largest absolute Gasteiger partial charge is 0.490 e. The van der Waals surface area contributed by atoms with Crippen molar-refractivity contribution in [1.82, 2.24) is 4.90 Å². The van der Waals surface area contributed by atoms with E-state index in [-0.39, 0.29) is 5.91 Å². The summed E-state index contributed by atoms with van der Waals surface area (Å²) in [6, 6.07) is 20.3. The second-order valence-electron chi connectivity index (χ2n) is 7.94. The molecule has 1 aliphatic rings. The van der Waals surface area contributed by atoms with Crippen molar-refractivity contribution >= 4 is 56.5 Å². The van der Waals surface area contributed by atoms with Crippen molar-refractivity contribution in [2.75, 3.05) is 20.8 Å². The lowest BCUT2D eigenvalue weighted by atomic mass is 10.1. The van der Waals surface area contributed by atoms with Crippen LogP contribution in [0.2, 0.25) is 0 Å². The molecule has 0 aliphatic carbocycles. The first-order valence-electron chi connectivity index (χ1n) is 11.5. The van der Waals surface area contributed by atoms with Crippen molar-refractivity contribution in [1.29, 1.82) is 0 Å². The molecule has 3 aromatic rings. The van der Waals surface area contributed by atoms with Crippen LogP contribution in [0.5, 0.6) is 11.5 Å². The molecule has 7 nitrogen and oxygen atoms in total. The van der Waals surface area contributed by atoms with Gasteiger partial charge in [-0.3, -0.25) is 9.69 Å². The summed E-state index contributed by atoms with van der Waals surface area (Å²) in [6.45, 7) is 2.78. The van der Waals surface area contributed by atoms with Crippen molar-refractivity contribution in [2.24, 2.45) is 4.99 Å². The van der Waals surface area contributed by atoms with E-state index in [1.165, 1.54) is 23.8 Å². The molecular weight excluding hydrogens is 556 g/mol. The van der Waals surface area contributed by atoms with Gasteiger partial charge in [0.15, 0.2) is 16.7 Å². The van der Waals surface area contributed by atoms with Gasteiger partial charge in [-0.1, -0.05) is 30.3 Å². The first-order valence-corrected chi connectivity index (χ1v) is 13.1. The van der Waals surface area contributed by atoms with E-state index in [1.54, 1.807) is 37.4 Å². The Bertz CT molecular complexity index is 1360. The van der Waals surface area contributed by atoms with Crippen LogP contribution >= 0.6 is 27.7 Å². The van der Waals surface area contributed by atoms with E-state index in [2.05, 4.69) is 20.9 Å². The van der Waals surface area contributed by atoms with E-state index in [4.69, 9.17) is 14.2 Å². The molecule has 1 heterocycles. The highest BCUT2D eigenvalue weighted by atomic mass is 79.9. The number of ether oxygens (including phenoxy) is 3. The van der Waals surface area contributed by atoms with Gasteiger partial charge in [0.2, 0.25) is 0 Å². The molecule has 9 heteroatoms. The Balaban J connectivity index is 1.56. The standard InChI is InChI=1S/C28H25BrN2O5S/c1-4-35-23-15-19(14-22(29)25(23)36-17-18-8-6-5-7-9-18)16-24-26(32)31(2)28(37-24)30-21-12-10-20(11-13-21)27(33)34-3/h5-16H,4,17H2,1-3H3/b24-16-,30-28?. The van der Waals surface area contributed by atoms with E-state index in [0.717, 1.165) is 15.6 Å². The zero-order valence-electron chi connectivity index (χ0n) is 20.6. The fourth-order valence-electron chi connectivity index (χ4n) is 3.51. The summed E-state index contributed by atoms with van der Waals surface area (Å²) < 4.78 is 17.4. The van der Waals surface area contributed by atoms with Crippen molar-refractivity contribution in [3.63, 3.8) is 0 Å². The molecule has 0 aromatic heterocycles. The number of halogens is 1. The van der Waals surface area contributed by atoms with Gasteiger partial charge in [-0.15, -0.1) is 0 Å². The lowest BCUT2D eigenvalue weighted by Gasteiger charge is -2.15. The number of aliphatic imine (C=N–C) groups is 1. The molecule has 190 valence electrons. The number of carbonyl (C=O) groups excluding carboxylic acids is 2. The minimum atomic E-state index is -0.416. The van der Waals surface area contributed by atoms with Gasteiger partial charge >= 0.3 is 5.97 Å². The number of hydrogen-bond acceptors (Lipinski definition) is 7. The normalized spacial score (nSPS) is 15.4. The number of amidine groups is 1. The predicted molar refractivity (Wildman–Crippen MR) is 149 cm³/mol. The molecule has 0 saturated carbocycles. The van der Waals surface area contributed by atoms with Gasteiger partial charge in [0.25, 0.3) is 5.91 Å². The van der Waals surface area contributed by atoms with Crippen LogP contribution in [0.25, 0.3) is 6.08 Å². The van der Waals surface area contributed by atoms with Gasteiger partial charge in [-0.2, -0.15) is 0 Å². The molecule has 37 heavy (non-hydrogen) atoms. The highest BCUT2D eigenvalue weighted by Gasteiger charge is 2.30. The number of methoxy groups -OCH3 is 1. The third-order valence-corrected chi connectivity index (χ3v) is 7.02. The maximum Gasteiger partial charge on any atom is 0.337 e. The summed E-state index contributed by atoms with van der Waals surface area (Å²) in [5.41, 5.74) is 2.89. The summed E-state index contributed by atoms with van der Waals surface area (Å²) in [5.74, 6) is 0.616. The zero-order chi connectivity index (χ0) is 26.4. The smallest absolute Gasteiger partial charge is 0.337 e. The number of nitrogens with zero attached hydrogens (tertiary/aromatic N) is 2. The van der Waals surface area contributed by atoms with Crippen LogP contribution in [0.15, 0.2) is 81.1 Å². The van der Waals surface area contributed by atoms with E-state index >= 15 is 0 Å². The van der Waals surface area contributed by atoms with Gasteiger partial charge in [0.05, 0.1) is 34.3 Å². The van der Waals surface area contributed by atoms with Crippen molar-refractivity contribution < 1.29 is 23.8 Å². The number of carbonyl (C=O) groups is 2. The Labute approximate surface area is 228 Å². The Kier molecular flexibility index (Phi) is 8.68. The SMILES string of the molecule is CCOc1cc(/C=C2\SC(=Nc3ccc(C(=O)OC)cc3)N(C)C2=O)cc(Br)c1OCc1ccccc1. The van der Waals surface area contributed by atoms with Crippen molar-refractivity contribution in [3.8, 4) is 11.5 Å². The summed E-state index contributed by atoms with van der Waals surface area (Å²) in [4.78, 5) is 31.2. The number of rotatable bonds is 8. The average Bonchev–Trinajstić information content (AvgIpc) is 3.16. The Morgan fingerprint density at radius 3 is 2.49 bits per heavy atom. The van der Waals surface area contributed by atoms with Gasteiger partial charge in [-0.05, 0) is 88.2 Å². The van der Waals surface area contributed by atoms with Crippen LogP contribution in [-0.4, -0.2) is 42.7 Å². The summed E-state index contributed by atoms with van der Waals surface area (Å²) in [7, 11) is 3.02. The predicted octanol–water partition coefficient (Wildman–Crippen LogP) is 6.45. The first kappa shape index (κ1) is 26.5. The number of benzene rings is 3. The molecule has 0 atom stereocenters. The Hall–Kier alpha value is -3.56. The van der Waals surface area contributed by atoms with E-state index in [1.807, 2.05) is 49.4 Å². The van der Waals surface area contributed by atoms with Crippen LogP contribution in [0.4, 0.5) is 5.69 Å². The second kappa shape index (κ2) is 12.1. The molecule has 1 fully saturated rings. The van der Waals surface area contributed by atoms with Crippen molar-refractivity contribution in [2.45, 2.75) is 13.5 Å². The van der Waals surface area contributed by atoms with Gasteiger partial charge in [0.1, 0.15) is 6.61 Å². The molecule has 1 aliphatic heterocycles. The van der Waals surface area contributed by atoms with Gasteiger partial charge in [0, 0.05) is 7.05 Å². The van der Waals surface area contributed by atoms with Crippen LogP contribution < -0.4 is 9.47 Å². The van der Waals surface area contributed by atoms with E-state index < -0.39 is 5.97 Å². The van der Waals surface area contributed by atoms with E-state index in [9.17, 15) is 9.59 Å². The Morgan fingerprint density at radius 2 is 1.81 bits per heavy atom. The first-order chi connectivity index (χ1) is 17.9. The van der Waals surface area contributed by atoms with Gasteiger partial charge in [-0.25, -0.2) is 9.79 Å². The summed E-state index contributed by atoms with van der Waals surface area (Å²) in [6.07, 6.45) is 1.81. The van der Waals surface area contributed by atoms with Crippen LogP contribution in [0.1, 0.15) is 28.4 Å². The molecule has 0 N–H and O–H groups in total. The molecular formula is C28H25BrN2O5S. The number of thioether (sulfide) groups is 1. The third-order valence-electron chi connectivity index (χ3n) is 5.37. The molecule has 0 radical (unpaired) electrons.